The minimum absolute atomic E-state index is 0.0498. The fourth-order valence-electron chi connectivity index (χ4n) is 2.83. The lowest BCUT2D eigenvalue weighted by Crippen LogP contribution is -2.46. The van der Waals surface area contributed by atoms with Crippen LogP contribution in [-0.4, -0.2) is 42.4 Å². The van der Waals surface area contributed by atoms with Gasteiger partial charge in [0.15, 0.2) is 5.82 Å². The van der Waals surface area contributed by atoms with E-state index < -0.39 is 13.0 Å². The second-order valence-electron chi connectivity index (χ2n) is 5.59. The lowest BCUT2D eigenvalue weighted by atomic mass is 9.79. The smallest absolute Gasteiger partial charge is 0.261 e. The summed E-state index contributed by atoms with van der Waals surface area (Å²) in [5, 5.41) is 7.29. The number of nitrogens with zero attached hydrogens (tertiary/aromatic N) is 2. The Morgan fingerprint density at radius 2 is 2.10 bits per heavy atom. The minimum Gasteiger partial charge on any atom is -0.375 e. The zero-order chi connectivity index (χ0) is 15.1. The summed E-state index contributed by atoms with van der Waals surface area (Å²) in [6, 6.07) is 0. The van der Waals surface area contributed by atoms with Crippen molar-refractivity contribution in [3.05, 3.63) is 11.7 Å². The number of likely N-dealkylation sites (N-methyl/N-ethyl adjacent to an activating group) is 1. The van der Waals surface area contributed by atoms with Gasteiger partial charge in [-0.25, -0.2) is 8.78 Å². The van der Waals surface area contributed by atoms with Crippen LogP contribution in [0.2, 0.25) is 0 Å². The monoisotopic (exact) mass is 303 g/mol. The van der Waals surface area contributed by atoms with Gasteiger partial charge in [-0.15, -0.1) is 0 Å². The van der Waals surface area contributed by atoms with E-state index in [0.717, 1.165) is 12.8 Å². The minimum atomic E-state index is -2.44. The van der Waals surface area contributed by atoms with E-state index >= 15 is 0 Å². The molecule has 1 heterocycles. The lowest BCUT2D eigenvalue weighted by molar-refractivity contribution is 0.0182. The molecule has 1 aromatic heterocycles. The maximum Gasteiger partial charge on any atom is 0.261 e. The molecule has 0 atom stereocenters. The van der Waals surface area contributed by atoms with Gasteiger partial charge in [0.2, 0.25) is 5.89 Å². The second kappa shape index (κ2) is 7.79. The highest BCUT2D eigenvalue weighted by Gasteiger charge is 2.32. The number of nitrogens with one attached hydrogen (secondary N) is 1. The van der Waals surface area contributed by atoms with Gasteiger partial charge in [0, 0.05) is 18.4 Å². The Hall–Kier alpha value is -1.08. The van der Waals surface area contributed by atoms with Crippen molar-refractivity contribution in [3.63, 3.8) is 0 Å². The molecule has 1 aromatic rings. The first-order chi connectivity index (χ1) is 10.1. The first-order valence-corrected chi connectivity index (χ1v) is 7.50. The van der Waals surface area contributed by atoms with Gasteiger partial charge in [0.1, 0.15) is 6.61 Å². The first-order valence-electron chi connectivity index (χ1n) is 7.50. The van der Waals surface area contributed by atoms with Crippen LogP contribution in [0.5, 0.6) is 0 Å². The number of rotatable bonds is 8. The summed E-state index contributed by atoms with van der Waals surface area (Å²) in [5.41, 5.74) is 0.0498. The average molecular weight is 303 g/mol. The van der Waals surface area contributed by atoms with Gasteiger partial charge in [-0.05, 0) is 19.9 Å². The number of hydrogen-bond acceptors (Lipinski definition) is 5. The highest BCUT2D eigenvalue weighted by atomic mass is 19.3. The van der Waals surface area contributed by atoms with E-state index in [1.807, 2.05) is 7.05 Å². The van der Waals surface area contributed by atoms with Crippen LogP contribution in [-0.2, 0) is 17.6 Å². The molecule has 2 rings (SSSR count). The molecule has 0 bridgehead atoms. The number of aromatic nitrogens is 2. The molecular formula is C14H23F2N3O2. The van der Waals surface area contributed by atoms with Crippen LogP contribution < -0.4 is 5.32 Å². The standard InChI is InChI=1S/C14H23F2N3O2/c1-17-14(6-3-2-4-7-14)9-13-18-12(19-21-13)5-8-20-10-11(15)16/h11,17H,2-10H2,1H3. The number of alkyl halides is 2. The van der Waals surface area contributed by atoms with Crippen molar-refractivity contribution in [2.45, 2.75) is 56.9 Å². The Kier molecular flexibility index (Phi) is 6.05. The van der Waals surface area contributed by atoms with Crippen LogP contribution in [0.4, 0.5) is 8.78 Å². The van der Waals surface area contributed by atoms with Crippen molar-refractivity contribution in [1.82, 2.24) is 15.5 Å². The van der Waals surface area contributed by atoms with E-state index in [0.29, 0.717) is 24.6 Å². The summed E-state index contributed by atoms with van der Waals surface area (Å²) in [7, 11) is 1.97. The largest absolute Gasteiger partial charge is 0.375 e. The molecule has 0 amide bonds. The number of halogens is 2. The quantitative estimate of drug-likeness (QED) is 0.747. The van der Waals surface area contributed by atoms with E-state index in [1.165, 1.54) is 19.3 Å². The summed E-state index contributed by atoms with van der Waals surface area (Å²) in [6.07, 6.45) is 4.59. The summed E-state index contributed by atoms with van der Waals surface area (Å²) >= 11 is 0. The summed E-state index contributed by atoms with van der Waals surface area (Å²) in [6.45, 7) is -0.367. The van der Waals surface area contributed by atoms with Crippen molar-refractivity contribution >= 4 is 0 Å². The molecule has 1 fully saturated rings. The molecule has 1 aliphatic carbocycles. The number of hydrogen-bond donors (Lipinski definition) is 1. The highest BCUT2D eigenvalue weighted by Crippen LogP contribution is 2.30. The normalized spacial score (nSPS) is 18.3. The Balaban J connectivity index is 1.81. The molecule has 7 heteroatoms. The van der Waals surface area contributed by atoms with Gasteiger partial charge in [-0.1, -0.05) is 24.4 Å². The zero-order valence-corrected chi connectivity index (χ0v) is 12.4. The third-order valence-corrected chi connectivity index (χ3v) is 4.05. The van der Waals surface area contributed by atoms with Crippen LogP contribution in [0.15, 0.2) is 4.52 Å². The van der Waals surface area contributed by atoms with Crippen LogP contribution >= 0.6 is 0 Å². The number of ether oxygens (including phenoxy) is 1. The molecule has 1 saturated carbocycles. The Bertz CT molecular complexity index is 420. The van der Waals surface area contributed by atoms with Crippen LogP contribution in [0.1, 0.15) is 43.8 Å². The second-order valence-corrected chi connectivity index (χ2v) is 5.59. The fraction of sp³-hybridized carbons (Fsp3) is 0.857. The predicted molar refractivity (Wildman–Crippen MR) is 73.4 cm³/mol. The van der Waals surface area contributed by atoms with E-state index in [2.05, 4.69) is 15.5 Å². The van der Waals surface area contributed by atoms with Gasteiger partial charge in [0.05, 0.1) is 6.61 Å². The highest BCUT2D eigenvalue weighted by molar-refractivity contribution is 4.99. The molecule has 0 saturated heterocycles. The SMILES string of the molecule is CNC1(Cc2nc(CCOCC(F)F)no2)CCCCC1. The van der Waals surface area contributed by atoms with Crippen molar-refractivity contribution in [1.29, 1.82) is 0 Å². The third kappa shape index (κ3) is 5.00. The van der Waals surface area contributed by atoms with E-state index in [1.54, 1.807) is 0 Å². The molecule has 0 aliphatic heterocycles. The van der Waals surface area contributed by atoms with Gasteiger partial charge < -0.3 is 14.6 Å². The molecule has 0 aromatic carbocycles. The van der Waals surface area contributed by atoms with E-state index in [9.17, 15) is 8.78 Å². The maximum absolute atomic E-state index is 11.9. The third-order valence-electron chi connectivity index (χ3n) is 4.05. The van der Waals surface area contributed by atoms with Crippen molar-refractivity contribution in [2.24, 2.45) is 0 Å². The van der Waals surface area contributed by atoms with Crippen LogP contribution in [0.3, 0.4) is 0 Å². The van der Waals surface area contributed by atoms with Gasteiger partial charge in [-0.2, -0.15) is 4.98 Å². The lowest BCUT2D eigenvalue weighted by Gasteiger charge is -2.36. The van der Waals surface area contributed by atoms with E-state index in [4.69, 9.17) is 9.26 Å². The molecule has 120 valence electrons. The molecular weight excluding hydrogens is 280 g/mol. The van der Waals surface area contributed by atoms with Crippen molar-refractivity contribution in [2.75, 3.05) is 20.3 Å². The van der Waals surface area contributed by atoms with Crippen molar-refractivity contribution in [3.8, 4) is 0 Å². The summed E-state index contributed by atoms with van der Waals surface area (Å²) < 4.78 is 33.9. The fourth-order valence-corrected chi connectivity index (χ4v) is 2.83. The van der Waals surface area contributed by atoms with Crippen molar-refractivity contribution < 1.29 is 18.0 Å². The molecule has 1 N–H and O–H groups in total. The maximum atomic E-state index is 11.9. The molecule has 0 radical (unpaired) electrons. The first kappa shape index (κ1) is 16.3. The Morgan fingerprint density at radius 1 is 1.33 bits per heavy atom. The molecule has 0 unspecified atom stereocenters. The molecule has 21 heavy (non-hydrogen) atoms. The molecule has 5 nitrogen and oxygen atoms in total. The predicted octanol–water partition coefficient (Wildman–Crippen LogP) is 2.36. The molecule has 0 spiro atoms. The van der Waals surface area contributed by atoms with Crippen LogP contribution in [0.25, 0.3) is 0 Å². The molecule has 1 aliphatic rings. The van der Waals surface area contributed by atoms with Gasteiger partial charge in [-0.3, -0.25) is 0 Å². The zero-order valence-electron chi connectivity index (χ0n) is 12.4. The van der Waals surface area contributed by atoms with E-state index in [-0.39, 0.29) is 12.1 Å². The Morgan fingerprint density at radius 3 is 2.76 bits per heavy atom. The van der Waals surface area contributed by atoms with Gasteiger partial charge >= 0.3 is 0 Å². The topological polar surface area (TPSA) is 60.2 Å². The Labute approximate surface area is 123 Å². The van der Waals surface area contributed by atoms with Crippen LogP contribution in [0, 0.1) is 0 Å². The summed E-state index contributed by atoms with van der Waals surface area (Å²) in [5.74, 6) is 1.12. The summed E-state index contributed by atoms with van der Waals surface area (Å²) in [4.78, 5) is 4.33. The average Bonchev–Trinajstić information content (AvgIpc) is 2.92. The van der Waals surface area contributed by atoms with Gasteiger partial charge in [0.25, 0.3) is 6.43 Å².